The van der Waals surface area contributed by atoms with Gasteiger partial charge in [-0.05, 0) is 12.1 Å². The molecule has 0 radical (unpaired) electrons. The Hall–Kier alpha value is -1.25. The monoisotopic (exact) mass is 202 g/mol. The number of nitrogens with zero attached hydrogens (tertiary/aromatic N) is 2. The van der Waals surface area contributed by atoms with Crippen molar-refractivity contribution in [2.75, 3.05) is 0 Å². The molecule has 0 aliphatic heterocycles. The Balaban J connectivity index is 0.000000252. The van der Waals surface area contributed by atoms with E-state index in [2.05, 4.69) is 4.98 Å². The average Bonchev–Trinajstić information content (AvgIpc) is 2.03. The van der Waals surface area contributed by atoms with Gasteiger partial charge in [-0.25, -0.2) is 9.55 Å². The van der Waals surface area contributed by atoms with E-state index in [9.17, 15) is 0 Å². The Morgan fingerprint density at radius 3 is 2.15 bits per heavy atom. The van der Waals surface area contributed by atoms with Crippen molar-refractivity contribution in [1.82, 2.24) is 4.98 Å². The first-order chi connectivity index (χ1) is 5.93. The van der Waals surface area contributed by atoms with Crippen LogP contribution in [-0.2, 0) is 4.57 Å². The highest BCUT2D eigenvalue weighted by molar-refractivity contribution is 7.45. The number of pyridine rings is 1. The van der Waals surface area contributed by atoms with Crippen molar-refractivity contribution >= 4 is 7.82 Å². The summed E-state index contributed by atoms with van der Waals surface area (Å²) in [5.74, 6) is 0. The molecule has 0 atom stereocenters. The molecule has 1 rings (SSSR count). The van der Waals surface area contributed by atoms with Gasteiger partial charge in [-0.15, -0.1) is 0 Å². The topological polar surface area (TPSA) is 114 Å². The smallest absolute Gasteiger partial charge is 0.303 e. The molecule has 0 unspecified atom stereocenters. The maximum Gasteiger partial charge on any atom is 0.466 e. The number of nitriles is 1. The Morgan fingerprint density at radius 1 is 1.38 bits per heavy atom. The van der Waals surface area contributed by atoms with Crippen molar-refractivity contribution in [3.63, 3.8) is 0 Å². The molecule has 0 aliphatic rings. The summed E-state index contributed by atoms with van der Waals surface area (Å²) in [6.45, 7) is 0. The van der Waals surface area contributed by atoms with E-state index < -0.39 is 7.82 Å². The summed E-state index contributed by atoms with van der Waals surface area (Å²) in [7, 11) is -4.64. The van der Waals surface area contributed by atoms with Crippen LogP contribution in [0.4, 0.5) is 0 Å². The van der Waals surface area contributed by atoms with Crippen LogP contribution < -0.4 is 0 Å². The zero-order valence-electron chi connectivity index (χ0n) is 6.40. The Labute approximate surface area is 74.3 Å². The van der Waals surface area contributed by atoms with Gasteiger partial charge >= 0.3 is 7.82 Å². The van der Waals surface area contributed by atoms with Gasteiger partial charge in [0.25, 0.3) is 0 Å². The molecule has 7 heteroatoms. The van der Waals surface area contributed by atoms with Crippen LogP contribution in [0, 0.1) is 11.3 Å². The van der Waals surface area contributed by atoms with Crippen LogP contribution in [0.2, 0.25) is 0 Å². The van der Waals surface area contributed by atoms with Crippen molar-refractivity contribution in [2.45, 2.75) is 0 Å². The van der Waals surface area contributed by atoms with Crippen LogP contribution in [0.3, 0.4) is 0 Å². The van der Waals surface area contributed by atoms with E-state index in [-0.39, 0.29) is 0 Å². The van der Waals surface area contributed by atoms with Crippen molar-refractivity contribution in [3.8, 4) is 6.07 Å². The predicted molar refractivity (Wildman–Crippen MR) is 43.2 cm³/mol. The average molecular weight is 202 g/mol. The lowest BCUT2D eigenvalue weighted by molar-refractivity contribution is 0.275. The molecule has 0 amide bonds. The number of phosphoric acid groups is 1. The summed E-state index contributed by atoms with van der Waals surface area (Å²) >= 11 is 0. The van der Waals surface area contributed by atoms with E-state index in [1.807, 2.05) is 6.07 Å². The highest BCUT2D eigenvalue weighted by Crippen LogP contribution is 2.25. The Morgan fingerprint density at radius 2 is 1.92 bits per heavy atom. The second-order valence-electron chi connectivity index (χ2n) is 1.84. The molecule has 70 valence electrons. The molecule has 0 aromatic carbocycles. The quantitative estimate of drug-likeness (QED) is 0.511. The number of aromatic nitrogens is 1. The van der Waals surface area contributed by atoms with Crippen LogP contribution >= 0.6 is 7.82 Å². The molecule has 1 heterocycles. The zero-order valence-corrected chi connectivity index (χ0v) is 7.30. The van der Waals surface area contributed by atoms with Crippen LogP contribution in [0.5, 0.6) is 0 Å². The van der Waals surface area contributed by atoms with Gasteiger partial charge in [-0.1, -0.05) is 6.07 Å². The van der Waals surface area contributed by atoms with E-state index >= 15 is 0 Å². The Bertz CT molecular complexity index is 320. The normalized spacial score (nSPS) is 9.38. The van der Waals surface area contributed by atoms with Crippen molar-refractivity contribution in [1.29, 1.82) is 5.26 Å². The summed E-state index contributed by atoms with van der Waals surface area (Å²) in [6, 6.07) is 7.14. The lowest BCUT2D eigenvalue weighted by atomic mass is 10.4. The second-order valence-corrected chi connectivity index (χ2v) is 2.87. The fourth-order valence-corrected chi connectivity index (χ4v) is 0.429. The van der Waals surface area contributed by atoms with Gasteiger partial charge in [0.2, 0.25) is 0 Å². The van der Waals surface area contributed by atoms with Gasteiger partial charge in [0.05, 0.1) is 0 Å². The number of hydrogen-bond acceptors (Lipinski definition) is 3. The van der Waals surface area contributed by atoms with E-state index in [4.69, 9.17) is 24.5 Å². The maximum atomic E-state index is 8.88. The molecule has 6 nitrogen and oxygen atoms in total. The highest BCUT2D eigenvalue weighted by Gasteiger charge is 2.00. The maximum absolute atomic E-state index is 8.88. The molecule has 1 aromatic heterocycles. The van der Waals surface area contributed by atoms with Crippen molar-refractivity contribution < 1.29 is 19.2 Å². The molecule has 0 spiro atoms. The lowest BCUT2D eigenvalue weighted by Gasteiger charge is -1.82. The second kappa shape index (κ2) is 5.41. The molecular formula is C6H7N2O4P. The van der Waals surface area contributed by atoms with Gasteiger partial charge in [-0.2, -0.15) is 5.26 Å². The zero-order chi connectivity index (χ0) is 10.3. The number of rotatable bonds is 0. The number of hydrogen-bond donors (Lipinski definition) is 3. The molecule has 3 N–H and O–H groups in total. The first kappa shape index (κ1) is 11.8. The molecule has 0 fully saturated rings. The van der Waals surface area contributed by atoms with E-state index in [0.29, 0.717) is 5.69 Å². The summed E-state index contributed by atoms with van der Waals surface area (Å²) in [5.41, 5.74) is 0.465. The van der Waals surface area contributed by atoms with Crippen LogP contribution in [0.1, 0.15) is 5.69 Å². The van der Waals surface area contributed by atoms with E-state index in [1.165, 1.54) is 0 Å². The minimum Gasteiger partial charge on any atom is -0.303 e. The van der Waals surface area contributed by atoms with E-state index in [0.717, 1.165) is 0 Å². The van der Waals surface area contributed by atoms with Gasteiger partial charge in [0.15, 0.2) is 0 Å². The first-order valence-electron chi connectivity index (χ1n) is 3.03. The summed E-state index contributed by atoms with van der Waals surface area (Å²) in [5, 5.41) is 8.23. The fourth-order valence-electron chi connectivity index (χ4n) is 0.429. The van der Waals surface area contributed by atoms with Gasteiger partial charge in [0.1, 0.15) is 11.8 Å². The minimum absolute atomic E-state index is 0.465. The third-order valence-electron chi connectivity index (χ3n) is 0.779. The van der Waals surface area contributed by atoms with Crippen molar-refractivity contribution in [3.05, 3.63) is 30.1 Å². The SMILES string of the molecule is N#Cc1ccccn1.O=P(O)(O)O. The van der Waals surface area contributed by atoms with E-state index in [1.54, 1.807) is 24.4 Å². The molecule has 0 saturated carbocycles. The van der Waals surface area contributed by atoms with Gasteiger partial charge in [0, 0.05) is 6.20 Å². The van der Waals surface area contributed by atoms with Crippen LogP contribution in [0.25, 0.3) is 0 Å². The summed E-state index contributed by atoms with van der Waals surface area (Å²) < 4.78 is 8.88. The minimum atomic E-state index is -4.64. The lowest BCUT2D eigenvalue weighted by Crippen LogP contribution is -1.75. The predicted octanol–water partition coefficient (Wildman–Crippen LogP) is 0.0247. The molecule has 1 aromatic rings. The first-order valence-corrected chi connectivity index (χ1v) is 4.59. The molecular weight excluding hydrogens is 195 g/mol. The summed E-state index contributed by atoms with van der Waals surface area (Å²) in [4.78, 5) is 25.3. The van der Waals surface area contributed by atoms with Crippen molar-refractivity contribution in [2.24, 2.45) is 0 Å². The summed E-state index contributed by atoms with van der Waals surface area (Å²) in [6.07, 6.45) is 1.60. The largest absolute Gasteiger partial charge is 0.466 e. The third kappa shape index (κ3) is 10.8. The van der Waals surface area contributed by atoms with Crippen LogP contribution in [-0.4, -0.2) is 19.7 Å². The molecule has 0 saturated heterocycles. The molecule has 0 bridgehead atoms. The standard InChI is InChI=1S/C6H4N2.H3O4P/c7-5-6-3-1-2-4-8-6;1-5(2,3)4/h1-4H;(H3,1,2,3,4). The highest BCUT2D eigenvalue weighted by atomic mass is 31.2. The molecule has 0 aliphatic carbocycles. The van der Waals surface area contributed by atoms with Gasteiger partial charge < -0.3 is 14.7 Å². The van der Waals surface area contributed by atoms with Gasteiger partial charge in [-0.3, -0.25) is 0 Å². The molecule has 13 heavy (non-hydrogen) atoms. The fraction of sp³-hybridized carbons (Fsp3) is 0. The third-order valence-corrected chi connectivity index (χ3v) is 0.779. The Kier molecular flexibility index (Phi) is 4.89. The van der Waals surface area contributed by atoms with Crippen LogP contribution in [0.15, 0.2) is 24.4 Å².